The van der Waals surface area contributed by atoms with Gasteiger partial charge in [0, 0.05) is 11.8 Å². The molecular formula is C24H21ClFN5O5. The predicted octanol–water partition coefficient (Wildman–Crippen LogP) is 3.60. The van der Waals surface area contributed by atoms with Gasteiger partial charge in [0.05, 0.1) is 28.4 Å². The van der Waals surface area contributed by atoms with Crippen LogP contribution in [0, 0.1) is 11.2 Å². The molecule has 3 rings (SSSR count). The molecule has 0 aliphatic heterocycles. The number of esters is 1. The van der Waals surface area contributed by atoms with E-state index in [1.165, 1.54) is 48.7 Å². The van der Waals surface area contributed by atoms with Crippen molar-refractivity contribution in [1.29, 1.82) is 5.41 Å². The van der Waals surface area contributed by atoms with Crippen LogP contribution in [-0.4, -0.2) is 41.8 Å². The molecular weight excluding hydrogens is 493 g/mol. The molecule has 0 bridgehead atoms. The Hall–Kier alpha value is -4.51. The Morgan fingerprint density at radius 2 is 1.81 bits per heavy atom. The first kappa shape index (κ1) is 26.1. The van der Waals surface area contributed by atoms with Crippen LogP contribution >= 0.6 is 11.6 Å². The number of nitrogens with zero attached hydrogens (tertiary/aromatic N) is 1. The van der Waals surface area contributed by atoms with E-state index in [9.17, 15) is 18.8 Å². The summed E-state index contributed by atoms with van der Waals surface area (Å²) in [6, 6.07) is 10.6. The topological polar surface area (TPSA) is 156 Å². The van der Waals surface area contributed by atoms with Gasteiger partial charge in [0.1, 0.15) is 23.2 Å². The highest BCUT2D eigenvalue weighted by Gasteiger charge is 2.19. The number of carbonyl (C=O) groups excluding carboxylic acids is 3. The molecule has 1 aromatic heterocycles. The van der Waals surface area contributed by atoms with Crippen molar-refractivity contribution in [3.63, 3.8) is 0 Å². The minimum Gasteiger partial charge on any atom is -0.482 e. The fraction of sp³-hybridized carbons (Fsp3) is 0.125. The van der Waals surface area contributed by atoms with Gasteiger partial charge in [-0.3, -0.25) is 15.0 Å². The minimum atomic E-state index is -0.897. The van der Waals surface area contributed by atoms with E-state index in [4.69, 9.17) is 32.2 Å². The minimum absolute atomic E-state index is 0.0324. The van der Waals surface area contributed by atoms with E-state index in [2.05, 4.69) is 15.6 Å². The predicted molar refractivity (Wildman–Crippen MR) is 131 cm³/mol. The third kappa shape index (κ3) is 6.76. The molecule has 36 heavy (non-hydrogen) atoms. The van der Waals surface area contributed by atoms with E-state index >= 15 is 0 Å². The summed E-state index contributed by atoms with van der Waals surface area (Å²) in [5, 5.41) is 12.8. The number of amidine groups is 1. The highest BCUT2D eigenvalue weighted by atomic mass is 35.5. The number of nitrogens with two attached hydrogens (primary N) is 1. The number of anilines is 2. The summed E-state index contributed by atoms with van der Waals surface area (Å²) in [6.45, 7) is 1.44. The molecule has 186 valence electrons. The Labute approximate surface area is 210 Å². The molecule has 0 atom stereocenters. The largest absolute Gasteiger partial charge is 0.482 e. The Kier molecular flexibility index (Phi) is 8.52. The van der Waals surface area contributed by atoms with Crippen LogP contribution in [-0.2, 0) is 9.53 Å². The number of amides is 2. The van der Waals surface area contributed by atoms with Gasteiger partial charge < -0.3 is 25.8 Å². The van der Waals surface area contributed by atoms with Crippen LogP contribution in [0.15, 0.2) is 54.7 Å². The van der Waals surface area contributed by atoms with E-state index in [0.29, 0.717) is 5.02 Å². The molecule has 0 saturated heterocycles. The van der Waals surface area contributed by atoms with Crippen molar-refractivity contribution in [3.05, 3.63) is 82.3 Å². The maximum atomic E-state index is 14.5. The van der Waals surface area contributed by atoms with Crippen LogP contribution < -0.4 is 21.1 Å². The number of aromatic nitrogens is 1. The van der Waals surface area contributed by atoms with Gasteiger partial charge in [0.2, 0.25) is 0 Å². The van der Waals surface area contributed by atoms with Gasteiger partial charge in [-0.2, -0.15) is 0 Å². The summed E-state index contributed by atoms with van der Waals surface area (Å²) in [5.74, 6) is -3.04. The van der Waals surface area contributed by atoms with Crippen molar-refractivity contribution in [2.75, 3.05) is 23.8 Å². The second-order valence-corrected chi connectivity index (χ2v) is 7.62. The number of rotatable bonds is 9. The van der Waals surface area contributed by atoms with Gasteiger partial charge in [0.25, 0.3) is 11.8 Å². The maximum absolute atomic E-state index is 14.5. The Morgan fingerprint density at radius 3 is 2.44 bits per heavy atom. The average Bonchev–Trinajstić information content (AvgIpc) is 2.84. The van der Waals surface area contributed by atoms with Crippen molar-refractivity contribution in [2.45, 2.75) is 6.92 Å². The first-order valence-corrected chi connectivity index (χ1v) is 10.9. The molecule has 12 heteroatoms. The monoisotopic (exact) mass is 513 g/mol. The number of ether oxygens (including phenoxy) is 2. The molecule has 0 unspecified atom stereocenters. The number of benzene rings is 2. The number of hydrogen-bond acceptors (Lipinski definition) is 7. The first-order valence-electron chi connectivity index (χ1n) is 10.5. The van der Waals surface area contributed by atoms with Gasteiger partial charge in [-0.1, -0.05) is 17.7 Å². The van der Waals surface area contributed by atoms with Gasteiger partial charge in [-0.15, -0.1) is 0 Å². The third-order valence-corrected chi connectivity index (χ3v) is 4.86. The summed E-state index contributed by atoms with van der Waals surface area (Å²) in [4.78, 5) is 41.4. The number of nitrogens with one attached hydrogen (secondary N) is 3. The lowest BCUT2D eigenvalue weighted by Gasteiger charge is -2.14. The molecule has 3 aromatic rings. The summed E-state index contributed by atoms with van der Waals surface area (Å²) in [7, 11) is 0. The lowest BCUT2D eigenvalue weighted by molar-refractivity contribution is -0.145. The lowest BCUT2D eigenvalue weighted by atomic mass is 10.1. The maximum Gasteiger partial charge on any atom is 0.344 e. The molecule has 2 amide bonds. The molecule has 2 aromatic carbocycles. The lowest BCUT2D eigenvalue weighted by Crippen LogP contribution is -2.20. The molecule has 0 aliphatic rings. The zero-order valence-electron chi connectivity index (χ0n) is 18.9. The van der Waals surface area contributed by atoms with Crippen LogP contribution in [0.25, 0.3) is 0 Å². The van der Waals surface area contributed by atoms with Gasteiger partial charge in [0.15, 0.2) is 6.61 Å². The second-order valence-electron chi connectivity index (χ2n) is 7.18. The van der Waals surface area contributed by atoms with Crippen LogP contribution in [0.4, 0.5) is 15.9 Å². The highest BCUT2D eigenvalue weighted by molar-refractivity contribution is 6.30. The second kappa shape index (κ2) is 11.8. The molecule has 1 heterocycles. The molecule has 10 nitrogen and oxygen atoms in total. The summed E-state index contributed by atoms with van der Waals surface area (Å²) in [6.07, 6.45) is 1.34. The fourth-order valence-electron chi connectivity index (χ4n) is 2.94. The first-order chi connectivity index (χ1) is 17.2. The van der Waals surface area contributed by atoms with E-state index in [1.807, 2.05) is 0 Å². The van der Waals surface area contributed by atoms with Crippen molar-refractivity contribution >= 4 is 46.7 Å². The van der Waals surface area contributed by atoms with Gasteiger partial charge in [-0.25, -0.2) is 14.2 Å². The van der Waals surface area contributed by atoms with Gasteiger partial charge in [-0.05, 0) is 49.4 Å². The highest BCUT2D eigenvalue weighted by Crippen LogP contribution is 2.25. The molecule has 0 aliphatic carbocycles. The Bertz CT molecular complexity index is 1320. The number of pyridine rings is 1. The smallest absolute Gasteiger partial charge is 0.344 e. The fourth-order valence-corrected chi connectivity index (χ4v) is 3.06. The zero-order valence-corrected chi connectivity index (χ0v) is 19.7. The summed E-state index contributed by atoms with van der Waals surface area (Å²) < 4.78 is 24.7. The number of nitrogen functional groups attached to an aromatic ring is 1. The van der Waals surface area contributed by atoms with Crippen molar-refractivity contribution in [2.24, 2.45) is 5.73 Å². The Balaban J connectivity index is 1.89. The molecule has 5 N–H and O–H groups in total. The van der Waals surface area contributed by atoms with E-state index in [0.717, 1.165) is 6.07 Å². The van der Waals surface area contributed by atoms with E-state index in [1.54, 1.807) is 6.92 Å². The molecule has 0 saturated carbocycles. The average molecular weight is 514 g/mol. The number of hydrogen-bond donors (Lipinski definition) is 4. The number of carbonyl (C=O) groups is 3. The number of halogens is 2. The third-order valence-electron chi connectivity index (χ3n) is 4.64. The van der Waals surface area contributed by atoms with Crippen LogP contribution in [0.2, 0.25) is 5.02 Å². The van der Waals surface area contributed by atoms with Gasteiger partial charge >= 0.3 is 5.97 Å². The SMILES string of the molecule is CCOC(=O)COc1ccc(NC(=O)c2ccc(C(=N)N)cc2F)c(C(=O)Nc2ccc(Cl)cn2)c1. The summed E-state index contributed by atoms with van der Waals surface area (Å²) >= 11 is 5.82. The van der Waals surface area contributed by atoms with Crippen molar-refractivity contribution in [3.8, 4) is 5.75 Å². The van der Waals surface area contributed by atoms with Crippen molar-refractivity contribution in [1.82, 2.24) is 4.98 Å². The summed E-state index contributed by atoms with van der Waals surface area (Å²) in [5.41, 5.74) is 5.12. The normalized spacial score (nSPS) is 10.3. The van der Waals surface area contributed by atoms with Crippen LogP contribution in [0.5, 0.6) is 5.75 Å². The molecule has 0 spiro atoms. The van der Waals surface area contributed by atoms with Crippen molar-refractivity contribution < 1.29 is 28.2 Å². The Morgan fingerprint density at radius 1 is 1.06 bits per heavy atom. The molecule has 0 radical (unpaired) electrons. The molecule has 0 fully saturated rings. The zero-order chi connectivity index (χ0) is 26.2. The van der Waals surface area contributed by atoms with E-state index < -0.39 is 30.2 Å². The van der Waals surface area contributed by atoms with Crippen LogP contribution in [0.3, 0.4) is 0 Å². The quantitative estimate of drug-likeness (QED) is 0.193. The standard InChI is InChI=1S/C24H21ClFN5O5/c1-2-35-21(32)12-36-15-5-7-19(17(10-15)24(34)31-20-8-4-14(25)11-29-20)30-23(33)16-6-3-13(22(27)28)9-18(16)26/h3-11H,2,12H2,1H3,(H3,27,28)(H,30,33)(H,29,31,34). The van der Waals surface area contributed by atoms with Crippen LogP contribution in [0.1, 0.15) is 33.2 Å². The van der Waals surface area contributed by atoms with E-state index in [-0.39, 0.29) is 46.4 Å².